The van der Waals surface area contributed by atoms with E-state index in [1.807, 2.05) is 0 Å². The first-order valence-corrected chi connectivity index (χ1v) is 10.2. The van der Waals surface area contributed by atoms with Gasteiger partial charge in [0.05, 0.1) is 6.10 Å². The molecule has 0 bridgehead atoms. The standard InChI is InChI=1S/C20H33F3O/c1-2-3-14-4-5-18-13-17(7-6-16(18)12-14)15-8-10-19(11-9-15)24-20(21,22)23/h14-19H,2-13H2,1H3. The van der Waals surface area contributed by atoms with E-state index < -0.39 is 12.5 Å². The van der Waals surface area contributed by atoms with Crippen LogP contribution in [0.1, 0.15) is 84.0 Å². The smallest absolute Gasteiger partial charge is 0.289 e. The normalized spacial score (nSPS) is 41.0. The number of hydrogen-bond donors (Lipinski definition) is 0. The van der Waals surface area contributed by atoms with E-state index in [0.717, 1.165) is 36.5 Å². The lowest BCUT2D eigenvalue weighted by Crippen LogP contribution is -2.36. The van der Waals surface area contributed by atoms with E-state index in [-0.39, 0.29) is 0 Å². The summed E-state index contributed by atoms with van der Waals surface area (Å²) >= 11 is 0. The van der Waals surface area contributed by atoms with Crippen LogP contribution in [0.5, 0.6) is 0 Å². The summed E-state index contributed by atoms with van der Waals surface area (Å²) in [4.78, 5) is 0. The van der Waals surface area contributed by atoms with Crippen LogP contribution in [-0.4, -0.2) is 12.5 Å². The van der Waals surface area contributed by atoms with Crippen molar-refractivity contribution in [2.75, 3.05) is 0 Å². The average Bonchev–Trinajstić information content (AvgIpc) is 2.54. The molecule has 3 rings (SSSR count). The molecule has 4 unspecified atom stereocenters. The highest BCUT2D eigenvalue weighted by molar-refractivity contribution is 4.89. The fourth-order valence-electron chi connectivity index (χ4n) is 5.99. The predicted octanol–water partition coefficient (Wildman–Crippen LogP) is 6.71. The molecule has 3 aliphatic rings. The first-order valence-electron chi connectivity index (χ1n) is 10.2. The molecular formula is C20H33F3O. The first-order chi connectivity index (χ1) is 11.4. The predicted molar refractivity (Wildman–Crippen MR) is 89.5 cm³/mol. The quantitative estimate of drug-likeness (QED) is 0.549. The average molecular weight is 346 g/mol. The minimum Gasteiger partial charge on any atom is -0.289 e. The Morgan fingerprint density at radius 3 is 1.92 bits per heavy atom. The van der Waals surface area contributed by atoms with E-state index in [9.17, 15) is 13.2 Å². The van der Waals surface area contributed by atoms with Crippen LogP contribution in [-0.2, 0) is 4.74 Å². The van der Waals surface area contributed by atoms with Crippen molar-refractivity contribution in [1.29, 1.82) is 0 Å². The van der Waals surface area contributed by atoms with Crippen LogP contribution in [0.15, 0.2) is 0 Å². The zero-order valence-electron chi connectivity index (χ0n) is 15.0. The van der Waals surface area contributed by atoms with Crippen molar-refractivity contribution in [3.8, 4) is 0 Å². The van der Waals surface area contributed by atoms with Crippen molar-refractivity contribution in [2.45, 2.75) is 96.4 Å². The van der Waals surface area contributed by atoms with Crippen LogP contribution in [0.3, 0.4) is 0 Å². The van der Waals surface area contributed by atoms with Crippen LogP contribution in [0.4, 0.5) is 13.2 Å². The Labute approximate surface area is 144 Å². The van der Waals surface area contributed by atoms with Crippen molar-refractivity contribution in [2.24, 2.45) is 29.6 Å². The van der Waals surface area contributed by atoms with Gasteiger partial charge in [-0.15, -0.1) is 13.2 Å². The summed E-state index contributed by atoms with van der Waals surface area (Å²) in [7, 11) is 0. The molecule has 24 heavy (non-hydrogen) atoms. The topological polar surface area (TPSA) is 9.23 Å². The summed E-state index contributed by atoms with van der Waals surface area (Å²) in [6.07, 6.45) is 8.98. The van der Waals surface area contributed by atoms with Crippen LogP contribution >= 0.6 is 0 Å². The minimum atomic E-state index is -4.47. The summed E-state index contributed by atoms with van der Waals surface area (Å²) in [5.74, 6) is 4.22. The number of rotatable bonds is 4. The SMILES string of the molecule is CCCC1CCC2CC(C3CCC(OC(F)(F)F)CC3)CCC2C1. The lowest BCUT2D eigenvalue weighted by Gasteiger charge is -2.45. The Morgan fingerprint density at radius 1 is 0.750 bits per heavy atom. The first kappa shape index (κ1) is 18.5. The molecule has 4 heteroatoms. The second-order valence-electron chi connectivity index (χ2n) is 8.66. The van der Waals surface area contributed by atoms with Crippen molar-refractivity contribution in [3.63, 3.8) is 0 Å². The fraction of sp³-hybridized carbons (Fsp3) is 1.00. The summed E-state index contributed by atoms with van der Waals surface area (Å²) in [6.45, 7) is 2.29. The largest absolute Gasteiger partial charge is 0.522 e. The Morgan fingerprint density at radius 2 is 1.29 bits per heavy atom. The van der Waals surface area contributed by atoms with Gasteiger partial charge < -0.3 is 0 Å². The third kappa shape index (κ3) is 4.89. The highest BCUT2D eigenvalue weighted by Crippen LogP contribution is 2.49. The van der Waals surface area contributed by atoms with Gasteiger partial charge in [-0.1, -0.05) is 26.2 Å². The third-order valence-electron chi connectivity index (χ3n) is 7.14. The van der Waals surface area contributed by atoms with Crippen LogP contribution in [0.2, 0.25) is 0 Å². The molecule has 4 atom stereocenters. The van der Waals surface area contributed by atoms with E-state index in [4.69, 9.17) is 0 Å². The van der Waals surface area contributed by atoms with Crippen molar-refractivity contribution >= 4 is 0 Å². The van der Waals surface area contributed by atoms with Crippen LogP contribution < -0.4 is 0 Å². The molecule has 3 saturated carbocycles. The molecular weight excluding hydrogens is 313 g/mol. The monoisotopic (exact) mass is 346 g/mol. The lowest BCUT2D eigenvalue weighted by molar-refractivity contribution is -0.346. The van der Waals surface area contributed by atoms with Gasteiger partial charge in [-0.25, -0.2) is 0 Å². The van der Waals surface area contributed by atoms with E-state index in [1.165, 1.54) is 51.4 Å². The maximum atomic E-state index is 12.3. The molecule has 140 valence electrons. The summed E-state index contributed by atoms with van der Waals surface area (Å²) in [5.41, 5.74) is 0. The van der Waals surface area contributed by atoms with Gasteiger partial charge in [-0.05, 0) is 87.4 Å². The van der Waals surface area contributed by atoms with E-state index in [2.05, 4.69) is 11.7 Å². The molecule has 0 radical (unpaired) electrons. The molecule has 0 N–H and O–H groups in total. The van der Waals surface area contributed by atoms with Crippen LogP contribution in [0.25, 0.3) is 0 Å². The molecule has 0 amide bonds. The molecule has 0 aromatic heterocycles. The van der Waals surface area contributed by atoms with Gasteiger partial charge in [0.25, 0.3) is 0 Å². The third-order valence-corrected chi connectivity index (χ3v) is 7.14. The zero-order chi connectivity index (χ0) is 17.2. The second-order valence-corrected chi connectivity index (χ2v) is 8.66. The Kier molecular flexibility index (Phi) is 6.16. The molecule has 0 aromatic rings. The molecule has 0 heterocycles. The van der Waals surface area contributed by atoms with Crippen molar-refractivity contribution in [1.82, 2.24) is 0 Å². The number of hydrogen-bond acceptors (Lipinski definition) is 1. The Hall–Kier alpha value is -0.250. The molecule has 3 fully saturated rings. The van der Waals surface area contributed by atoms with E-state index >= 15 is 0 Å². The summed E-state index contributed by atoms with van der Waals surface area (Å²) < 4.78 is 41.3. The molecule has 1 nitrogen and oxygen atoms in total. The Balaban J connectivity index is 1.44. The highest BCUT2D eigenvalue weighted by atomic mass is 19.4. The zero-order valence-corrected chi connectivity index (χ0v) is 15.0. The van der Waals surface area contributed by atoms with Gasteiger partial charge in [0.2, 0.25) is 0 Å². The Bertz CT molecular complexity index is 387. The number of alkyl halides is 3. The molecule has 0 saturated heterocycles. The number of halogens is 3. The van der Waals surface area contributed by atoms with Gasteiger partial charge in [0, 0.05) is 0 Å². The molecule has 0 spiro atoms. The van der Waals surface area contributed by atoms with E-state index in [0.29, 0.717) is 18.8 Å². The minimum absolute atomic E-state index is 0.591. The maximum absolute atomic E-state index is 12.3. The maximum Gasteiger partial charge on any atom is 0.522 e. The van der Waals surface area contributed by atoms with Gasteiger partial charge >= 0.3 is 6.36 Å². The van der Waals surface area contributed by atoms with Gasteiger partial charge in [-0.2, -0.15) is 0 Å². The summed E-state index contributed by atoms with van der Waals surface area (Å²) in [6, 6.07) is 0. The molecule has 0 aliphatic heterocycles. The van der Waals surface area contributed by atoms with Crippen LogP contribution in [0, 0.1) is 29.6 Å². The summed E-state index contributed by atoms with van der Waals surface area (Å²) in [5, 5.41) is 0. The lowest BCUT2D eigenvalue weighted by atomic mass is 9.61. The van der Waals surface area contributed by atoms with E-state index in [1.54, 1.807) is 0 Å². The molecule has 0 aromatic carbocycles. The number of fused-ring (bicyclic) bond motifs is 1. The molecule has 3 aliphatic carbocycles. The van der Waals surface area contributed by atoms with Crippen molar-refractivity contribution < 1.29 is 17.9 Å². The second kappa shape index (κ2) is 7.97. The highest BCUT2D eigenvalue weighted by Gasteiger charge is 2.40. The van der Waals surface area contributed by atoms with Gasteiger partial charge in [0.15, 0.2) is 0 Å². The van der Waals surface area contributed by atoms with Crippen molar-refractivity contribution in [3.05, 3.63) is 0 Å². The fourth-order valence-corrected chi connectivity index (χ4v) is 5.99. The van der Waals surface area contributed by atoms with Gasteiger partial charge in [-0.3, -0.25) is 4.74 Å². The van der Waals surface area contributed by atoms with Gasteiger partial charge in [0.1, 0.15) is 0 Å². The number of ether oxygens (including phenoxy) is 1.